The number of carbonyl (C=O) groups is 3. The van der Waals surface area contributed by atoms with Crippen molar-refractivity contribution in [2.24, 2.45) is 0 Å². The Morgan fingerprint density at radius 3 is 0.797 bits per heavy atom. The lowest BCUT2D eigenvalue weighted by Gasteiger charge is -2.18. The molecule has 0 saturated heterocycles. The fourth-order valence-corrected chi connectivity index (χ4v) is 9.80. The van der Waals surface area contributed by atoms with Crippen molar-refractivity contribution in [3.05, 3.63) is 85.1 Å². The summed E-state index contributed by atoms with van der Waals surface area (Å²) in [5.74, 6) is -0.915. The molecule has 0 saturated carbocycles. The highest BCUT2D eigenvalue weighted by Gasteiger charge is 2.19. The molecule has 6 heteroatoms. The van der Waals surface area contributed by atoms with Gasteiger partial charge in [0.1, 0.15) is 13.2 Å². The fraction of sp³-hybridized carbons (Fsp3) is 0.767. The predicted octanol–water partition coefficient (Wildman–Crippen LogP) is 23.4. The van der Waals surface area contributed by atoms with Crippen LogP contribution in [0.3, 0.4) is 0 Å². The maximum atomic E-state index is 12.9. The van der Waals surface area contributed by atoms with Crippen molar-refractivity contribution < 1.29 is 28.6 Å². The Kier molecular flexibility index (Phi) is 64.2. The van der Waals surface area contributed by atoms with E-state index in [1.807, 2.05) is 0 Å². The SMILES string of the molecule is CC/C=C\C/C=C\C/C=C\C/C=C\CCCCC(=O)OCC(COC(=O)CCCCCCCCCCCCCC/C=C\C/C=C\C/C=C\CCCCCCC)OC(=O)CCCCCCCCCCCCCCCCCCCCC. The normalized spacial score (nSPS) is 12.6. The van der Waals surface area contributed by atoms with Crippen molar-refractivity contribution in [2.75, 3.05) is 13.2 Å². The molecule has 0 heterocycles. The summed E-state index contributed by atoms with van der Waals surface area (Å²) >= 11 is 0. The molecule has 0 aromatic heterocycles. The molecule has 0 aromatic rings. The molecular weight excluding hydrogens is 973 g/mol. The Hall–Kier alpha value is -3.41. The maximum absolute atomic E-state index is 12.9. The average Bonchev–Trinajstić information content (AvgIpc) is 3.45. The second-order valence-corrected chi connectivity index (χ2v) is 22.7. The van der Waals surface area contributed by atoms with Gasteiger partial charge in [-0.1, -0.05) is 311 Å². The Bertz CT molecular complexity index is 1500. The van der Waals surface area contributed by atoms with Gasteiger partial charge in [-0.05, 0) is 96.3 Å². The van der Waals surface area contributed by atoms with Gasteiger partial charge in [-0.3, -0.25) is 14.4 Å². The largest absolute Gasteiger partial charge is 0.462 e. The topological polar surface area (TPSA) is 78.9 Å². The summed E-state index contributed by atoms with van der Waals surface area (Å²) in [5.41, 5.74) is 0. The molecule has 0 spiro atoms. The predicted molar refractivity (Wildman–Crippen MR) is 344 cm³/mol. The number of rotatable bonds is 62. The van der Waals surface area contributed by atoms with E-state index < -0.39 is 6.10 Å². The highest BCUT2D eigenvalue weighted by Crippen LogP contribution is 2.17. The van der Waals surface area contributed by atoms with Gasteiger partial charge in [0.2, 0.25) is 0 Å². The second-order valence-electron chi connectivity index (χ2n) is 22.7. The number of hydrogen-bond acceptors (Lipinski definition) is 6. The van der Waals surface area contributed by atoms with E-state index in [0.717, 1.165) is 96.3 Å². The lowest BCUT2D eigenvalue weighted by Crippen LogP contribution is -2.30. The van der Waals surface area contributed by atoms with Gasteiger partial charge in [0.05, 0.1) is 0 Å². The van der Waals surface area contributed by atoms with Gasteiger partial charge in [-0.15, -0.1) is 0 Å². The second kappa shape index (κ2) is 67.1. The zero-order valence-corrected chi connectivity index (χ0v) is 52.4. The molecule has 456 valence electrons. The maximum Gasteiger partial charge on any atom is 0.306 e. The summed E-state index contributed by atoms with van der Waals surface area (Å²) in [5, 5.41) is 0. The molecule has 0 rings (SSSR count). The van der Waals surface area contributed by atoms with E-state index in [1.165, 1.54) is 205 Å². The Morgan fingerprint density at radius 1 is 0.266 bits per heavy atom. The molecule has 0 aliphatic carbocycles. The van der Waals surface area contributed by atoms with Gasteiger partial charge in [0.15, 0.2) is 6.10 Å². The van der Waals surface area contributed by atoms with Crippen molar-refractivity contribution in [2.45, 2.75) is 348 Å². The highest BCUT2D eigenvalue weighted by atomic mass is 16.6. The quantitative estimate of drug-likeness (QED) is 0.0261. The first-order valence-corrected chi connectivity index (χ1v) is 34.1. The van der Waals surface area contributed by atoms with Crippen molar-refractivity contribution in [1.82, 2.24) is 0 Å². The molecule has 1 unspecified atom stereocenters. The molecule has 79 heavy (non-hydrogen) atoms. The number of ether oxygens (including phenoxy) is 3. The lowest BCUT2D eigenvalue weighted by molar-refractivity contribution is -0.167. The van der Waals surface area contributed by atoms with Crippen LogP contribution >= 0.6 is 0 Å². The van der Waals surface area contributed by atoms with Crippen LogP contribution in [-0.2, 0) is 28.6 Å². The van der Waals surface area contributed by atoms with Gasteiger partial charge in [-0.2, -0.15) is 0 Å². The van der Waals surface area contributed by atoms with Gasteiger partial charge in [0.25, 0.3) is 0 Å². The minimum absolute atomic E-state index is 0.0877. The van der Waals surface area contributed by atoms with E-state index in [-0.39, 0.29) is 31.1 Å². The zero-order chi connectivity index (χ0) is 57.1. The lowest BCUT2D eigenvalue weighted by atomic mass is 10.0. The van der Waals surface area contributed by atoms with E-state index in [1.54, 1.807) is 0 Å². The van der Waals surface area contributed by atoms with Crippen LogP contribution < -0.4 is 0 Å². The van der Waals surface area contributed by atoms with Crippen LogP contribution in [0, 0.1) is 0 Å². The van der Waals surface area contributed by atoms with Crippen LogP contribution in [0.1, 0.15) is 342 Å². The minimum Gasteiger partial charge on any atom is -0.462 e. The van der Waals surface area contributed by atoms with Crippen LogP contribution in [0.4, 0.5) is 0 Å². The van der Waals surface area contributed by atoms with Crippen molar-refractivity contribution in [1.29, 1.82) is 0 Å². The average molecular weight is 1100 g/mol. The van der Waals surface area contributed by atoms with Crippen LogP contribution in [0.15, 0.2) is 85.1 Å². The molecule has 0 fully saturated rings. The smallest absolute Gasteiger partial charge is 0.306 e. The van der Waals surface area contributed by atoms with Gasteiger partial charge >= 0.3 is 17.9 Å². The van der Waals surface area contributed by atoms with Gasteiger partial charge in [0, 0.05) is 19.3 Å². The third kappa shape index (κ3) is 65.3. The van der Waals surface area contributed by atoms with Gasteiger partial charge < -0.3 is 14.2 Å². The first kappa shape index (κ1) is 75.6. The van der Waals surface area contributed by atoms with Crippen LogP contribution in [0.5, 0.6) is 0 Å². The monoisotopic (exact) mass is 1100 g/mol. The van der Waals surface area contributed by atoms with Crippen molar-refractivity contribution in [3.63, 3.8) is 0 Å². The molecule has 0 amide bonds. The molecule has 0 aliphatic heterocycles. The zero-order valence-electron chi connectivity index (χ0n) is 52.4. The summed E-state index contributed by atoms with van der Waals surface area (Å²) in [6, 6.07) is 0. The van der Waals surface area contributed by atoms with Crippen LogP contribution in [-0.4, -0.2) is 37.2 Å². The molecule has 0 bridgehead atoms. The fourth-order valence-electron chi connectivity index (χ4n) is 9.80. The first-order chi connectivity index (χ1) is 39.0. The molecular formula is C73H128O6. The molecule has 0 N–H and O–H groups in total. The van der Waals surface area contributed by atoms with E-state index in [4.69, 9.17) is 14.2 Å². The van der Waals surface area contributed by atoms with E-state index in [9.17, 15) is 14.4 Å². The summed E-state index contributed by atoms with van der Waals surface area (Å²) in [6.45, 7) is 6.52. The number of hydrogen-bond donors (Lipinski definition) is 0. The number of esters is 3. The van der Waals surface area contributed by atoms with E-state index in [0.29, 0.717) is 19.3 Å². The summed E-state index contributed by atoms with van der Waals surface area (Å²) < 4.78 is 16.9. The molecule has 0 aromatic carbocycles. The van der Waals surface area contributed by atoms with E-state index >= 15 is 0 Å². The standard InChI is InChI=1S/C73H128O6/c1-4-7-10-13-16-19-22-25-28-30-32-33-34-35-36-37-38-39-41-42-45-48-51-54-57-60-63-66-72(75)78-69-70(68-77-71(74)65-62-59-56-53-50-47-44-27-24-21-18-15-12-9-6-3)79-73(76)67-64-61-58-55-52-49-46-43-40-31-29-26-23-20-17-14-11-8-5-2/h9,12,18,21-22,25,27,30,32,34-35,44,50,53,70H,4-8,10-11,13-17,19-20,23-24,26,28-29,31,33,36-43,45-49,51-52,54-69H2,1-3H3/b12-9-,21-18-,25-22-,32-30-,35-34-,44-27-,53-50-. The number of carbonyl (C=O) groups excluding carboxylic acids is 3. The Morgan fingerprint density at radius 2 is 0.494 bits per heavy atom. The molecule has 0 aliphatic rings. The molecule has 6 nitrogen and oxygen atoms in total. The van der Waals surface area contributed by atoms with Crippen molar-refractivity contribution in [3.8, 4) is 0 Å². The third-order valence-electron chi connectivity index (χ3n) is 14.9. The van der Waals surface area contributed by atoms with Crippen LogP contribution in [0.25, 0.3) is 0 Å². The summed E-state index contributed by atoms with van der Waals surface area (Å²) in [6.07, 6.45) is 88.9. The first-order valence-electron chi connectivity index (χ1n) is 34.1. The van der Waals surface area contributed by atoms with Crippen LogP contribution in [0.2, 0.25) is 0 Å². The van der Waals surface area contributed by atoms with E-state index in [2.05, 4.69) is 106 Å². The minimum atomic E-state index is -0.794. The van der Waals surface area contributed by atoms with Gasteiger partial charge in [-0.25, -0.2) is 0 Å². The molecule has 0 radical (unpaired) electrons. The number of unbranched alkanes of at least 4 members (excludes halogenated alkanes) is 37. The van der Waals surface area contributed by atoms with Crippen molar-refractivity contribution >= 4 is 17.9 Å². The Labute approximate surface area is 490 Å². The Balaban J connectivity index is 4.32. The molecule has 1 atom stereocenters. The number of allylic oxidation sites excluding steroid dienone is 14. The highest BCUT2D eigenvalue weighted by molar-refractivity contribution is 5.71. The summed E-state index contributed by atoms with van der Waals surface area (Å²) in [7, 11) is 0. The third-order valence-corrected chi connectivity index (χ3v) is 14.9. The summed E-state index contributed by atoms with van der Waals surface area (Å²) in [4.78, 5) is 38.4.